The lowest BCUT2D eigenvalue weighted by molar-refractivity contribution is -0.152. The summed E-state index contributed by atoms with van der Waals surface area (Å²) in [6, 6.07) is 6.52. The lowest BCUT2D eigenvalue weighted by Crippen LogP contribution is -2.71. The first-order valence-electron chi connectivity index (χ1n) is 9.79. The number of halogens is 1. The average Bonchev–Trinajstić information content (AvgIpc) is 2.73. The van der Waals surface area contributed by atoms with E-state index in [9.17, 15) is 14.7 Å². The fraction of sp³-hybridized carbons (Fsp3) is 0.524. The number of methoxy groups -OCH3 is 1. The Morgan fingerprint density at radius 1 is 1.35 bits per heavy atom. The van der Waals surface area contributed by atoms with E-state index in [0.29, 0.717) is 17.0 Å². The summed E-state index contributed by atoms with van der Waals surface area (Å²) in [6.07, 6.45) is -1.98. The van der Waals surface area contributed by atoms with Gasteiger partial charge in [-0.1, -0.05) is 12.1 Å². The molecule has 1 saturated heterocycles. The highest BCUT2D eigenvalue weighted by Crippen LogP contribution is 2.42. The smallest absolute Gasteiger partial charge is 0.408 e. The number of carbonyl (C=O) groups is 2. The number of alkyl halides is 1. The monoisotopic (exact) mass is 470 g/mol. The molecule has 170 valence electrons. The second kappa shape index (κ2) is 9.68. The molecule has 2 aliphatic heterocycles. The van der Waals surface area contributed by atoms with Crippen molar-refractivity contribution in [2.75, 3.05) is 18.7 Å². The number of ether oxygens (including phenoxy) is 3. The molecule has 2 N–H and O–H groups in total. The van der Waals surface area contributed by atoms with Crippen LogP contribution in [0, 0.1) is 0 Å². The number of rotatable bonds is 7. The van der Waals surface area contributed by atoms with Crippen molar-refractivity contribution in [1.82, 2.24) is 10.2 Å². The molecule has 1 fully saturated rings. The number of β-lactam (4-membered cyclic amide) rings is 1. The van der Waals surface area contributed by atoms with Gasteiger partial charge in [-0.2, -0.15) is 0 Å². The molecule has 2 heterocycles. The molecule has 0 radical (unpaired) electrons. The van der Waals surface area contributed by atoms with Crippen LogP contribution in [0.3, 0.4) is 0 Å². The molecule has 0 saturated carbocycles. The van der Waals surface area contributed by atoms with Crippen molar-refractivity contribution in [3.05, 3.63) is 41.1 Å². The minimum absolute atomic E-state index is 0.143. The van der Waals surface area contributed by atoms with Crippen molar-refractivity contribution in [2.45, 2.75) is 50.7 Å². The van der Waals surface area contributed by atoms with E-state index in [1.807, 2.05) is 12.1 Å². The summed E-state index contributed by atoms with van der Waals surface area (Å²) in [5.74, 6) is 1.06. The van der Waals surface area contributed by atoms with Gasteiger partial charge >= 0.3 is 6.09 Å². The number of carbonyl (C=O) groups excluding carboxylic acids is 2. The molecule has 2 amide bonds. The van der Waals surface area contributed by atoms with Gasteiger partial charge in [-0.05, 0) is 44.0 Å². The van der Waals surface area contributed by atoms with Crippen LogP contribution in [0.1, 0.15) is 26.3 Å². The summed E-state index contributed by atoms with van der Waals surface area (Å²) in [7, 11) is 1.59. The van der Waals surface area contributed by atoms with Crippen LogP contribution in [0.25, 0.3) is 0 Å². The highest BCUT2D eigenvalue weighted by Gasteiger charge is 2.54. The van der Waals surface area contributed by atoms with Crippen LogP contribution in [0.5, 0.6) is 5.75 Å². The molecule has 1 aromatic carbocycles. The maximum Gasteiger partial charge on any atom is 0.408 e. The number of hydrogen-bond acceptors (Lipinski definition) is 7. The van der Waals surface area contributed by atoms with Crippen molar-refractivity contribution in [1.29, 1.82) is 0 Å². The first-order valence-corrected chi connectivity index (χ1v) is 11.4. The fourth-order valence-corrected chi connectivity index (χ4v) is 4.97. The van der Waals surface area contributed by atoms with Gasteiger partial charge in [0.05, 0.1) is 19.4 Å². The number of nitrogens with zero attached hydrogens (tertiary/aromatic N) is 1. The summed E-state index contributed by atoms with van der Waals surface area (Å²) in [4.78, 5) is 26.3. The predicted octanol–water partition coefficient (Wildman–Crippen LogP) is 2.83. The van der Waals surface area contributed by atoms with Crippen LogP contribution < -0.4 is 10.1 Å². The number of hydrogen-bond donors (Lipinski definition) is 2. The topological polar surface area (TPSA) is 97.3 Å². The minimum atomic E-state index is -1.33. The largest absolute Gasteiger partial charge is 0.497 e. The molecule has 0 bridgehead atoms. The zero-order valence-corrected chi connectivity index (χ0v) is 19.5. The standard InChI is InChI=1S/C21H27ClN2O6S/c1-21(2,3)30-20(27)23-15-17(25)24-16(13(9-22)11-31-18(15)24)19(26)29-10-12-5-7-14(28-4)8-6-12/h5-8,15,18-19,26H,9-11H2,1-4H3,(H,23,27)/t15-,18?,19?/m1/s1. The van der Waals surface area contributed by atoms with Gasteiger partial charge in [-0.25, -0.2) is 4.79 Å². The first kappa shape index (κ1) is 23.7. The number of fused-ring (bicyclic) bond motifs is 1. The molecule has 0 spiro atoms. The summed E-state index contributed by atoms with van der Waals surface area (Å²) in [5, 5.41) is 13.0. The SMILES string of the molecule is COc1ccc(COC(O)C2=C(CCl)CSC3[C@H](NC(=O)OC(C)(C)C)C(=O)N23)cc1. The Kier molecular flexibility index (Phi) is 7.41. The molecular formula is C21H27ClN2O6S. The second-order valence-electron chi connectivity index (χ2n) is 8.17. The van der Waals surface area contributed by atoms with Gasteiger partial charge in [0.25, 0.3) is 5.91 Å². The zero-order valence-electron chi connectivity index (χ0n) is 17.9. The maximum atomic E-state index is 12.8. The average molecular weight is 471 g/mol. The normalized spacial score (nSPS) is 21.9. The molecule has 0 aliphatic carbocycles. The van der Waals surface area contributed by atoms with Gasteiger partial charge in [0.1, 0.15) is 22.8 Å². The van der Waals surface area contributed by atoms with Crippen LogP contribution in [0.4, 0.5) is 4.79 Å². The van der Waals surface area contributed by atoms with Crippen LogP contribution >= 0.6 is 23.4 Å². The summed E-state index contributed by atoms with van der Waals surface area (Å²) >= 11 is 7.54. The Bertz CT molecular complexity index is 854. The lowest BCUT2D eigenvalue weighted by atomic mass is 10.0. The molecule has 2 aliphatic rings. The Morgan fingerprint density at radius 3 is 2.61 bits per heavy atom. The molecule has 1 aromatic rings. The van der Waals surface area contributed by atoms with Crippen LogP contribution in [-0.4, -0.2) is 64.1 Å². The summed E-state index contributed by atoms with van der Waals surface area (Å²) in [6.45, 7) is 5.40. The number of aliphatic hydroxyl groups is 1. The van der Waals surface area contributed by atoms with Crippen molar-refractivity contribution >= 4 is 35.4 Å². The van der Waals surface area contributed by atoms with E-state index in [-0.39, 0.29) is 23.8 Å². The highest BCUT2D eigenvalue weighted by atomic mass is 35.5. The Hall–Kier alpha value is -1.94. The molecule has 3 rings (SSSR count). The van der Waals surface area contributed by atoms with E-state index in [1.54, 1.807) is 40.0 Å². The van der Waals surface area contributed by atoms with E-state index in [1.165, 1.54) is 16.7 Å². The third-order valence-corrected chi connectivity index (χ3v) is 6.39. The zero-order chi connectivity index (χ0) is 22.8. The number of alkyl carbamates (subject to hydrolysis) is 1. The van der Waals surface area contributed by atoms with E-state index < -0.39 is 24.0 Å². The maximum absolute atomic E-state index is 12.8. The van der Waals surface area contributed by atoms with Gasteiger partial charge in [0.2, 0.25) is 0 Å². The molecule has 8 nitrogen and oxygen atoms in total. The van der Waals surface area contributed by atoms with Crippen molar-refractivity contribution < 1.29 is 28.9 Å². The molecular weight excluding hydrogens is 444 g/mol. The highest BCUT2D eigenvalue weighted by molar-refractivity contribution is 8.00. The molecule has 3 atom stereocenters. The second-order valence-corrected chi connectivity index (χ2v) is 9.54. The van der Waals surface area contributed by atoms with E-state index in [4.69, 9.17) is 25.8 Å². The summed E-state index contributed by atoms with van der Waals surface area (Å²) < 4.78 is 16.0. The van der Waals surface area contributed by atoms with Crippen molar-refractivity contribution in [3.63, 3.8) is 0 Å². The molecule has 10 heteroatoms. The number of aliphatic hydroxyl groups excluding tert-OH is 1. The predicted molar refractivity (Wildman–Crippen MR) is 118 cm³/mol. The molecule has 0 aromatic heterocycles. The first-order chi connectivity index (χ1) is 14.6. The van der Waals surface area contributed by atoms with Crippen LogP contribution in [0.2, 0.25) is 0 Å². The fourth-order valence-electron chi connectivity index (χ4n) is 3.27. The van der Waals surface area contributed by atoms with E-state index in [2.05, 4.69) is 5.32 Å². The Morgan fingerprint density at radius 2 is 2.03 bits per heavy atom. The third kappa shape index (κ3) is 5.46. The third-order valence-electron chi connectivity index (χ3n) is 4.73. The van der Waals surface area contributed by atoms with E-state index in [0.717, 1.165) is 11.3 Å². The van der Waals surface area contributed by atoms with Gasteiger partial charge in [0, 0.05) is 11.6 Å². The molecule has 2 unspecified atom stereocenters. The minimum Gasteiger partial charge on any atom is -0.497 e. The Balaban J connectivity index is 1.67. The Labute approximate surface area is 190 Å². The van der Waals surface area contributed by atoms with Crippen LogP contribution in [0.15, 0.2) is 35.5 Å². The number of benzene rings is 1. The van der Waals surface area contributed by atoms with E-state index >= 15 is 0 Å². The summed E-state index contributed by atoms with van der Waals surface area (Å²) in [5.41, 5.74) is 1.24. The van der Waals surface area contributed by atoms with Gasteiger partial charge < -0.3 is 24.6 Å². The quantitative estimate of drug-likeness (QED) is 0.359. The van der Waals surface area contributed by atoms with Gasteiger partial charge in [-0.15, -0.1) is 23.4 Å². The van der Waals surface area contributed by atoms with Gasteiger partial charge in [-0.3, -0.25) is 9.69 Å². The van der Waals surface area contributed by atoms with Crippen molar-refractivity contribution in [2.24, 2.45) is 0 Å². The van der Waals surface area contributed by atoms with Crippen molar-refractivity contribution in [3.8, 4) is 5.75 Å². The number of nitrogens with one attached hydrogen (secondary N) is 1. The van der Waals surface area contributed by atoms with Crippen LogP contribution in [-0.2, 0) is 20.9 Å². The molecule has 31 heavy (non-hydrogen) atoms. The number of thioether (sulfide) groups is 1. The number of amides is 2. The lowest BCUT2D eigenvalue weighted by Gasteiger charge is -2.51. The van der Waals surface area contributed by atoms with Gasteiger partial charge in [0.15, 0.2) is 6.29 Å².